The molecular weight excluding hydrogens is 428 g/mol. The molecule has 6 heteroatoms. The second-order valence-corrected chi connectivity index (χ2v) is 11.5. The zero-order chi connectivity index (χ0) is 23.8. The van der Waals surface area contributed by atoms with Crippen LogP contribution in [0.4, 0.5) is 0 Å². The predicted molar refractivity (Wildman–Crippen MR) is 130 cm³/mol. The van der Waals surface area contributed by atoms with Gasteiger partial charge >= 0.3 is 0 Å². The number of likely N-dealkylation sites (N-methyl/N-ethyl adjacent to an activating group) is 1. The number of likely N-dealkylation sites (tertiary alicyclic amines) is 1. The minimum absolute atomic E-state index is 0.00657. The molecule has 3 aliphatic carbocycles. The number of carbonyl (C=O) groups excluding carboxylic acids is 1. The van der Waals surface area contributed by atoms with Crippen molar-refractivity contribution in [3.8, 4) is 11.5 Å². The lowest BCUT2D eigenvalue weighted by Crippen LogP contribution is -2.78. The fourth-order valence-electron chi connectivity index (χ4n) is 8.53. The van der Waals surface area contributed by atoms with Crippen molar-refractivity contribution >= 4 is 5.91 Å². The maximum atomic E-state index is 13.6. The Balaban J connectivity index is 1.41. The van der Waals surface area contributed by atoms with E-state index in [0.29, 0.717) is 24.5 Å². The molecule has 34 heavy (non-hydrogen) atoms. The van der Waals surface area contributed by atoms with E-state index in [9.17, 15) is 15.0 Å². The molecule has 2 heterocycles. The van der Waals surface area contributed by atoms with Gasteiger partial charge in [-0.05, 0) is 62.6 Å². The lowest BCUT2D eigenvalue weighted by Gasteiger charge is -2.64. The molecule has 2 aliphatic heterocycles. The molecule has 6 rings (SSSR count). The largest absolute Gasteiger partial charge is 0.504 e. The number of nitrogens with zero attached hydrogens (tertiary/aromatic N) is 2. The lowest BCUT2D eigenvalue weighted by atomic mass is 9.48. The van der Waals surface area contributed by atoms with E-state index in [1.54, 1.807) is 6.07 Å². The third kappa shape index (κ3) is 2.73. The van der Waals surface area contributed by atoms with Crippen LogP contribution in [-0.2, 0) is 16.6 Å². The first-order valence-electron chi connectivity index (χ1n) is 13.2. The van der Waals surface area contributed by atoms with Gasteiger partial charge in [0.2, 0.25) is 5.91 Å². The molecule has 2 N–H and O–H groups in total. The lowest BCUT2D eigenvalue weighted by molar-refractivity contribution is -0.199. The molecular formula is C28H38N2O4. The van der Waals surface area contributed by atoms with E-state index in [0.717, 1.165) is 49.9 Å². The van der Waals surface area contributed by atoms with Crippen LogP contribution in [-0.4, -0.2) is 69.8 Å². The van der Waals surface area contributed by atoms with Gasteiger partial charge in [-0.15, -0.1) is 6.58 Å². The van der Waals surface area contributed by atoms with Gasteiger partial charge in [-0.25, -0.2) is 0 Å². The van der Waals surface area contributed by atoms with Crippen molar-refractivity contribution in [2.75, 3.05) is 20.1 Å². The molecule has 1 aromatic rings. The Morgan fingerprint density at radius 2 is 2.09 bits per heavy atom. The first-order valence-corrected chi connectivity index (χ1v) is 13.2. The van der Waals surface area contributed by atoms with Crippen molar-refractivity contribution in [3.05, 3.63) is 35.9 Å². The minimum Gasteiger partial charge on any atom is -0.504 e. The number of benzene rings is 1. The highest BCUT2D eigenvalue weighted by Crippen LogP contribution is 2.65. The van der Waals surface area contributed by atoms with Gasteiger partial charge in [0.05, 0.1) is 17.1 Å². The van der Waals surface area contributed by atoms with Crippen LogP contribution in [0.25, 0.3) is 0 Å². The Hall–Kier alpha value is -2.05. The van der Waals surface area contributed by atoms with Crippen LogP contribution >= 0.6 is 0 Å². The van der Waals surface area contributed by atoms with Crippen molar-refractivity contribution in [2.24, 2.45) is 11.8 Å². The number of phenols is 1. The number of rotatable bonds is 5. The van der Waals surface area contributed by atoms with Gasteiger partial charge in [0, 0.05) is 31.1 Å². The van der Waals surface area contributed by atoms with E-state index in [-0.39, 0.29) is 35.8 Å². The standard InChI is InChI=1S/C28H38N2O4/c1-4-14-30-15-13-27-23-19-9-10-21(31)24(23)34-25(27)20(11-12-28(27,33)22(30)16-19)29(3)26(32)17(2)18-7-5-6-8-18/h4,9-10,17-18,20,22,25,31,33H,1,5-8,11-16H2,2-3H3/t17?,20-,22+,25-,27-,28+/m0/s1. The molecule has 0 radical (unpaired) electrons. The number of hydrogen-bond donors (Lipinski definition) is 2. The van der Waals surface area contributed by atoms with Crippen LogP contribution in [0.1, 0.15) is 63.0 Å². The Kier molecular flexibility index (Phi) is 5.09. The van der Waals surface area contributed by atoms with E-state index in [1.165, 1.54) is 12.8 Å². The molecule has 3 fully saturated rings. The number of hydrogen-bond acceptors (Lipinski definition) is 5. The van der Waals surface area contributed by atoms with Crippen molar-refractivity contribution < 1.29 is 19.7 Å². The normalized spacial score (nSPS) is 37.1. The van der Waals surface area contributed by atoms with E-state index >= 15 is 0 Å². The summed E-state index contributed by atoms with van der Waals surface area (Å²) in [5.74, 6) is 1.34. The molecule has 1 amide bonds. The number of amides is 1. The highest BCUT2D eigenvalue weighted by atomic mass is 16.5. The summed E-state index contributed by atoms with van der Waals surface area (Å²) in [6.07, 6.45) is 9.09. The van der Waals surface area contributed by atoms with Gasteiger partial charge in [0.15, 0.2) is 11.5 Å². The number of phenolic OH excluding ortho intramolecular Hbond substituents is 1. The van der Waals surface area contributed by atoms with E-state index in [1.807, 2.05) is 24.1 Å². The summed E-state index contributed by atoms with van der Waals surface area (Å²) >= 11 is 0. The van der Waals surface area contributed by atoms with Gasteiger partial charge in [0.1, 0.15) is 6.10 Å². The third-order valence-electron chi connectivity index (χ3n) is 10.2. The van der Waals surface area contributed by atoms with Gasteiger partial charge in [-0.3, -0.25) is 9.69 Å². The molecule has 6 nitrogen and oxygen atoms in total. The number of piperidine rings is 1. The van der Waals surface area contributed by atoms with Crippen LogP contribution < -0.4 is 4.74 Å². The highest BCUT2D eigenvalue weighted by Gasteiger charge is 2.73. The number of ether oxygens (including phenoxy) is 1. The summed E-state index contributed by atoms with van der Waals surface area (Å²) in [5.41, 5.74) is 0.601. The van der Waals surface area contributed by atoms with Crippen molar-refractivity contribution in [1.29, 1.82) is 0 Å². The van der Waals surface area contributed by atoms with E-state index in [2.05, 4.69) is 18.4 Å². The average molecular weight is 467 g/mol. The zero-order valence-corrected chi connectivity index (χ0v) is 20.5. The maximum Gasteiger partial charge on any atom is 0.225 e. The Labute approximate surface area is 202 Å². The van der Waals surface area contributed by atoms with Gasteiger partial charge in [-0.1, -0.05) is 31.9 Å². The zero-order valence-electron chi connectivity index (χ0n) is 20.5. The molecule has 1 aromatic carbocycles. The highest BCUT2D eigenvalue weighted by molar-refractivity contribution is 5.79. The van der Waals surface area contributed by atoms with Crippen LogP contribution in [0.3, 0.4) is 0 Å². The van der Waals surface area contributed by atoms with Crippen LogP contribution in [0.15, 0.2) is 24.8 Å². The topological polar surface area (TPSA) is 73.2 Å². The molecule has 5 aliphatic rings. The van der Waals surface area contributed by atoms with Crippen molar-refractivity contribution in [1.82, 2.24) is 9.80 Å². The molecule has 1 saturated heterocycles. The molecule has 1 spiro atoms. The summed E-state index contributed by atoms with van der Waals surface area (Å²) < 4.78 is 6.62. The van der Waals surface area contributed by atoms with E-state index in [4.69, 9.17) is 4.74 Å². The smallest absolute Gasteiger partial charge is 0.225 e. The second-order valence-electron chi connectivity index (χ2n) is 11.5. The van der Waals surface area contributed by atoms with Gasteiger partial charge < -0.3 is 19.8 Å². The Bertz CT molecular complexity index is 1020. The summed E-state index contributed by atoms with van der Waals surface area (Å²) in [5, 5.41) is 23.3. The SMILES string of the molecule is C=CCN1CC[C@]23c4c5ccc(O)c4O[C@H]2[C@@H](N(C)C(=O)C(C)C2CCCC2)CC[C@@]3(O)[C@H]1C5. The summed E-state index contributed by atoms with van der Waals surface area (Å²) in [6, 6.07) is 3.59. The number of aliphatic hydroxyl groups is 1. The minimum atomic E-state index is -0.956. The first kappa shape index (κ1) is 22.4. The number of carbonyl (C=O) groups is 1. The van der Waals surface area contributed by atoms with Crippen LogP contribution in [0, 0.1) is 11.8 Å². The van der Waals surface area contributed by atoms with E-state index < -0.39 is 11.0 Å². The van der Waals surface area contributed by atoms with Gasteiger partial charge in [-0.2, -0.15) is 0 Å². The molecule has 184 valence electrons. The fraction of sp³-hybridized carbons (Fsp3) is 0.679. The molecule has 2 saturated carbocycles. The second kappa shape index (κ2) is 7.72. The Morgan fingerprint density at radius 3 is 2.82 bits per heavy atom. The average Bonchev–Trinajstić information content (AvgIpc) is 3.47. The van der Waals surface area contributed by atoms with Crippen LogP contribution in [0.2, 0.25) is 0 Å². The van der Waals surface area contributed by atoms with Gasteiger partial charge in [0.25, 0.3) is 0 Å². The molecule has 0 aromatic heterocycles. The maximum absolute atomic E-state index is 13.6. The fourth-order valence-corrected chi connectivity index (χ4v) is 8.53. The molecule has 1 unspecified atom stereocenters. The molecule has 6 atom stereocenters. The summed E-state index contributed by atoms with van der Waals surface area (Å²) in [7, 11) is 1.93. The Morgan fingerprint density at radius 1 is 1.32 bits per heavy atom. The molecule has 2 bridgehead atoms. The van der Waals surface area contributed by atoms with Crippen molar-refractivity contribution in [2.45, 2.75) is 87.5 Å². The first-order chi connectivity index (χ1) is 16.3. The number of aromatic hydroxyl groups is 1. The van der Waals surface area contributed by atoms with Crippen LogP contribution in [0.5, 0.6) is 11.5 Å². The predicted octanol–water partition coefficient (Wildman–Crippen LogP) is 3.39. The quantitative estimate of drug-likeness (QED) is 0.651. The third-order valence-corrected chi connectivity index (χ3v) is 10.2. The summed E-state index contributed by atoms with van der Waals surface area (Å²) in [6.45, 7) is 7.62. The summed E-state index contributed by atoms with van der Waals surface area (Å²) in [4.78, 5) is 17.9. The van der Waals surface area contributed by atoms with Crippen molar-refractivity contribution in [3.63, 3.8) is 0 Å². The monoisotopic (exact) mass is 466 g/mol.